The fourth-order valence-electron chi connectivity index (χ4n) is 2.94. The van der Waals surface area contributed by atoms with Gasteiger partial charge in [0.25, 0.3) is 0 Å². The molecule has 0 saturated carbocycles. The number of piperidine rings is 1. The van der Waals surface area contributed by atoms with Crippen molar-refractivity contribution in [3.63, 3.8) is 0 Å². The molecule has 1 saturated heterocycles. The number of sulfonamides is 1. The van der Waals surface area contributed by atoms with Crippen LogP contribution in [0.5, 0.6) is 5.75 Å². The van der Waals surface area contributed by atoms with E-state index in [0.717, 1.165) is 19.3 Å². The van der Waals surface area contributed by atoms with E-state index in [1.54, 1.807) is 25.1 Å². The first kappa shape index (κ1) is 21.1. The van der Waals surface area contributed by atoms with Crippen LogP contribution < -0.4 is 10.2 Å². The van der Waals surface area contributed by atoms with E-state index in [-0.39, 0.29) is 10.6 Å². The van der Waals surface area contributed by atoms with Crippen LogP contribution in [-0.2, 0) is 10.0 Å². The largest absolute Gasteiger partial charge is 0.435 e. The number of aromatic nitrogens is 1. The molecular weight excluding hydrogens is 402 g/mol. The average Bonchev–Trinajstić information content (AvgIpc) is 2.73. The van der Waals surface area contributed by atoms with E-state index in [2.05, 4.69) is 20.2 Å². The zero-order chi connectivity index (χ0) is 20.9. The van der Waals surface area contributed by atoms with Crippen LogP contribution in [0, 0.1) is 0 Å². The van der Waals surface area contributed by atoms with Crippen LogP contribution in [0.2, 0.25) is 0 Å². The first-order valence-electron chi connectivity index (χ1n) is 9.18. The Morgan fingerprint density at radius 1 is 1.14 bits per heavy atom. The quantitative estimate of drug-likeness (QED) is 0.541. The summed E-state index contributed by atoms with van der Waals surface area (Å²) in [6.45, 7) is -0.0597. The number of pyridine rings is 1. The zero-order valence-corrected chi connectivity index (χ0v) is 16.7. The van der Waals surface area contributed by atoms with Gasteiger partial charge in [-0.25, -0.2) is 13.4 Å². The van der Waals surface area contributed by atoms with E-state index in [0.29, 0.717) is 30.2 Å². The fraction of sp³-hybridized carbons (Fsp3) is 0.368. The Kier molecular flexibility index (Phi) is 6.75. The second-order valence-electron chi connectivity index (χ2n) is 6.56. The van der Waals surface area contributed by atoms with Crippen LogP contribution in [0.25, 0.3) is 0 Å². The molecule has 7 nitrogen and oxygen atoms in total. The van der Waals surface area contributed by atoms with Gasteiger partial charge in [0.2, 0.25) is 10.0 Å². The molecule has 0 unspecified atom stereocenters. The van der Waals surface area contributed by atoms with Crippen molar-refractivity contribution in [2.45, 2.75) is 37.7 Å². The van der Waals surface area contributed by atoms with Crippen molar-refractivity contribution >= 4 is 21.6 Å². The van der Waals surface area contributed by atoms with Gasteiger partial charge in [-0.2, -0.15) is 18.2 Å². The summed E-state index contributed by atoms with van der Waals surface area (Å²) >= 11 is 0. The molecule has 1 aromatic heterocycles. The van der Waals surface area contributed by atoms with E-state index in [9.17, 15) is 17.2 Å². The highest BCUT2D eigenvalue weighted by Gasteiger charge is 2.26. The number of hydrazone groups is 1. The molecule has 1 N–H and O–H groups in total. The summed E-state index contributed by atoms with van der Waals surface area (Å²) < 4.78 is 55.4. The third-order valence-electron chi connectivity index (χ3n) is 4.52. The van der Waals surface area contributed by atoms with Crippen molar-refractivity contribution in [2.75, 3.05) is 18.5 Å². The molecule has 10 heteroatoms. The lowest BCUT2D eigenvalue weighted by atomic mass is 10.1. The van der Waals surface area contributed by atoms with E-state index in [1.807, 2.05) is 0 Å². The van der Waals surface area contributed by atoms with Gasteiger partial charge >= 0.3 is 6.61 Å². The van der Waals surface area contributed by atoms with Gasteiger partial charge in [-0.05, 0) is 61.7 Å². The minimum absolute atomic E-state index is 0.0664. The van der Waals surface area contributed by atoms with Crippen molar-refractivity contribution in [3.05, 3.63) is 48.2 Å². The summed E-state index contributed by atoms with van der Waals surface area (Å²) in [4.78, 5) is 4.28. The van der Waals surface area contributed by atoms with Crippen molar-refractivity contribution in [1.29, 1.82) is 0 Å². The number of hydrogen-bond acceptors (Lipinski definition) is 6. The molecule has 3 rings (SSSR count). The minimum atomic E-state index is -3.52. The highest BCUT2D eigenvalue weighted by atomic mass is 32.2. The summed E-state index contributed by atoms with van der Waals surface area (Å²) in [6, 6.07) is 9.13. The molecule has 1 aliphatic heterocycles. The Labute approximate surface area is 168 Å². The topological polar surface area (TPSA) is 83.9 Å². The Bertz CT molecular complexity index is 942. The monoisotopic (exact) mass is 424 g/mol. The number of nitrogens with one attached hydrogen (secondary N) is 1. The summed E-state index contributed by atoms with van der Waals surface area (Å²) in [6.07, 6.45) is 4.10. The lowest BCUT2D eigenvalue weighted by Gasteiger charge is -2.25. The Hall–Kier alpha value is -2.59. The van der Waals surface area contributed by atoms with Gasteiger partial charge in [0.1, 0.15) is 16.5 Å². The maximum absolute atomic E-state index is 12.6. The third-order valence-corrected chi connectivity index (χ3v) is 6.41. The van der Waals surface area contributed by atoms with Gasteiger partial charge in [-0.1, -0.05) is 6.42 Å². The summed E-state index contributed by atoms with van der Waals surface area (Å²) in [5.74, 6) is 0.455. The van der Waals surface area contributed by atoms with Crippen molar-refractivity contribution in [2.24, 2.45) is 5.10 Å². The number of nitrogens with zero attached hydrogens (tertiary/aromatic N) is 3. The predicted molar refractivity (Wildman–Crippen MR) is 106 cm³/mol. The molecular formula is C19H22F2N4O3S. The molecule has 29 heavy (non-hydrogen) atoms. The molecule has 0 bridgehead atoms. The molecule has 0 aliphatic carbocycles. The van der Waals surface area contributed by atoms with Crippen LogP contribution in [-0.4, -0.2) is 43.1 Å². The van der Waals surface area contributed by atoms with Gasteiger partial charge in [0.05, 0.1) is 5.71 Å². The van der Waals surface area contributed by atoms with Crippen LogP contribution in [0.15, 0.2) is 52.6 Å². The zero-order valence-electron chi connectivity index (χ0n) is 15.9. The molecule has 1 aromatic carbocycles. The van der Waals surface area contributed by atoms with Crippen LogP contribution in [0.1, 0.15) is 31.7 Å². The maximum atomic E-state index is 12.6. The number of anilines is 1. The lowest BCUT2D eigenvalue weighted by molar-refractivity contribution is -0.0498. The number of rotatable bonds is 7. The fourth-order valence-corrected chi connectivity index (χ4v) is 4.40. The van der Waals surface area contributed by atoms with Gasteiger partial charge in [0.15, 0.2) is 0 Å². The molecule has 2 heterocycles. The summed E-state index contributed by atoms with van der Waals surface area (Å²) in [7, 11) is -3.52. The van der Waals surface area contributed by atoms with E-state index in [4.69, 9.17) is 0 Å². The average molecular weight is 424 g/mol. The van der Waals surface area contributed by atoms with E-state index in [1.165, 1.54) is 28.7 Å². The Morgan fingerprint density at radius 2 is 1.83 bits per heavy atom. The van der Waals surface area contributed by atoms with Gasteiger partial charge < -0.3 is 4.74 Å². The lowest BCUT2D eigenvalue weighted by Crippen LogP contribution is -2.35. The van der Waals surface area contributed by atoms with Crippen molar-refractivity contribution in [3.8, 4) is 5.75 Å². The maximum Gasteiger partial charge on any atom is 0.387 e. The molecule has 0 radical (unpaired) electrons. The first-order valence-corrected chi connectivity index (χ1v) is 10.6. The normalized spacial score (nSPS) is 16.1. The smallest absolute Gasteiger partial charge is 0.387 e. The molecule has 0 spiro atoms. The van der Waals surface area contributed by atoms with Gasteiger partial charge in [-0.3, -0.25) is 5.43 Å². The number of benzene rings is 1. The minimum Gasteiger partial charge on any atom is -0.435 e. The number of halogens is 2. The van der Waals surface area contributed by atoms with Crippen molar-refractivity contribution < 1.29 is 21.9 Å². The molecule has 2 aromatic rings. The van der Waals surface area contributed by atoms with Crippen LogP contribution in [0.3, 0.4) is 0 Å². The number of ether oxygens (including phenoxy) is 1. The molecule has 0 amide bonds. The SMILES string of the molecule is C/C(=N\Nc1ccc(S(=O)(=O)N2CCCCC2)cn1)c1ccc(OC(F)F)cc1. The van der Waals surface area contributed by atoms with E-state index < -0.39 is 16.6 Å². The molecule has 1 aliphatic rings. The molecule has 0 atom stereocenters. The highest BCUT2D eigenvalue weighted by Crippen LogP contribution is 2.21. The standard InChI is InChI=1S/C19H22F2N4O3S/c1-14(15-5-7-16(8-6-15)28-19(20)21)23-24-18-10-9-17(13-22-18)29(26,27)25-11-3-2-4-12-25/h5-10,13,19H,2-4,11-12H2,1H3,(H,22,24)/b23-14+. The number of alkyl halides is 2. The summed E-state index contributed by atoms with van der Waals surface area (Å²) in [5, 5.41) is 4.19. The molecule has 156 valence electrons. The van der Waals surface area contributed by atoms with Gasteiger partial charge in [0, 0.05) is 19.3 Å². The highest BCUT2D eigenvalue weighted by molar-refractivity contribution is 7.89. The predicted octanol–water partition coefficient (Wildman–Crippen LogP) is 3.69. The van der Waals surface area contributed by atoms with Crippen LogP contribution in [0.4, 0.5) is 14.6 Å². The van der Waals surface area contributed by atoms with Gasteiger partial charge in [-0.15, -0.1) is 0 Å². The third kappa shape index (κ3) is 5.48. The first-order chi connectivity index (χ1) is 13.9. The second-order valence-corrected chi connectivity index (χ2v) is 8.49. The number of hydrogen-bond donors (Lipinski definition) is 1. The summed E-state index contributed by atoms with van der Waals surface area (Å²) in [5.41, 5.74) is 4.07. The Morgan fingerprint density at radius 3 is 2.41 bits per heavy atom. The van der Waals surface area contributed by atoms with E-state index >= 15 is 0 Å². The second kappa shape index (κ2) is 9.27. The molecule has 1 fully saturated rings. The van der Waals surface area contributed by atoms with Crippen molar-refractivity contribution in [1.82, 2.24) is 9.29 Å². The Balaban J connectivity index is 1.64. The van der Waals surface area contributed by atoms with Crippen LogP contribution >= 0.6 is 0 Å².